The molecule has 1 rings (SSSR count). The first-order chi connectivity index (χ1) is 8.55. The van der Waals surface area contributed by atoms with E-state index in [1.807, 2.05) is 0 Å². The summed E-state index contributed by atoms with van der Waals surface area (Å²) in [5.74, 6) is -1.64. The molecule has 0 radical (unpaired) electrons. The number of Topliss-reactive ketones (excluding diaryl/α,β-unsaturated/α-hetero) is 1. The second kappa shape index (κ2) is 6.28. The molecule has 0 aliphatic carbocycles. The van der Waals surface area contributed by atoms with E-state index in [0.29, 0.717) is 5.56 Å². The van der Waals surface area contributed by atoms with Crippen LogP contribution < -0.4 is 0 Å². The highest BCUT2D eigenvalue weighted by Gasteiger charge is 2.39. The van der Waals surface area contributed by atoms with E-state index < -0.39 is 24.6 Å². The molecule has 0 saturated carbocycles. The van der Waals surface area contributed by atoms with Gasteiger partial charge in [-0.05, 0) is 6.42 Å². The van der Waals surface area contributed by atoms with Crippen molar-refractivity contribution >= 4 is 11.8 Å². The van der Waals surface area contributed by atoms with Gasteiger partial charge in [-0.1, -0.05) is 30.3 Å². The maximum absolute atomic E-state index is 11.9. The van der Waals surface area contributed by atoms with Crippen LogP contribution in [-0.2, 0) is 4.79 Å². The van der Waals surface area contributed by atoms with Gasteiger partial charge in [-0.15, -0.1) is 0 Å². The van der Waals surface area contributed by atoms with Crippen molar-refractivity contribution in [1.29, 1.82) is 0 Å². The number of aliphatic hydroxyl groups is 2. The Morgan fingerprint density at radius 3 is 2.17 bits per heavy atom. The smallest absolute Gasteiger partial charge is 0.312 e. The second-order valence-corrected chi connectivity index (χ2v) is 4.18. The lowest BCUT2D eigenvalue weighted by molar-refractivity contribution is -0.152. The maximum Gasteiger partial charge on any atom is 0.312 e. The molecule has 18 heavy (non-hydrogen) atoms. The molecule has 1 aromatic carbocycles. The molecule has 1 aromatic rings. The van der Waals surface area contributed by atoms with Crippen LogP contribution >= 0.6 is 0 Å². The van der Waals surface area contributed by atoms with Gasteiger partial charge < -0.3 is 15.3 Å². The highest BCUT2D eigenvalue weighted by Crippen LogP contribution is 2.28. The summed E-state index contributed by atoms with van der Waals surface area (Å²) in [6, 6.07) is 8.29. The summed E-state index contributed by atoms with van der Waals surface area (Å²) >= 11 is 0. The van der Waals surface area contributed by atoms with Crippen molar-refractivity contribution in [1.82, 2.24) is 0 Å². The number of hydrogen-bond donors (Lipinski definition) is 3. The number of carbonyl (C=O) groups is 2. The van der Waals surface area contributed by atoms with Gasteiger partial charge in [0.05, 0.1) is 6.61 Å². The Bertz CT molecular complexity index is 415. The van der Waals surface area contributed by atoms with Crippen LogP contribution in [0.5, 0.6) is 0 Å². The number of carboxylic acids is 1. The summed E-state index contributed by atoms with van der Waals surface area (Å²) in [4.78, 5) is 23.1. The second-order valence-electron chi connectivity index (χ2n) is 4.18. The molecule has 98 valence electrons. The fourth-order valence-electron chi connectivity index (χ4n) is 1.72. The number of carbonyl (C=O) groups excluding carboxylic acids is 1. The zero-order chi connectivity index (χ0) is 13.6. The Hall–Kier alpha value is -1.72. The minimum Gasteiger partial charge on any atom is -0.481 e. The number of aliphatic carboxylic acids is 1. The standard InChI is InChI=1S/C13H16O5/c14-7-6-13(9-15,12(17)18)8-11(16)10-4-2-1-3-5-10/h1-5,14-15H,6-9H2,(H,17,18). The molecule has 1 atom stereocenters. The molecular formula is C13H16O5. The highest BCUT2D eigenvalue weighted by atomic mass is 16.4. The minimum absolute atomic E-state index is 0.155. The largest absolute Gasteiger partial charge is 0.481 e. The SMILES string of the molecule is O=C(CC(CO)(CCO)C(=O)O)c1ccccc1. The first kappa shape index (κ1) is 14.3. The van der Waals surface area contributed by atoms with E-state index in [1.165, 1.54) is 0 Å². The number of benzene rings is 1. The summed E-state index contributed by atoms with van der Waals surface area (Å²) in [5.41, 5.74) is -1.21. The van der Waals surface area contributed by atoms with Crippen molar-refractivity contribution in [3.05, 3.63) is 35.9 Å². The van der Waals surface area contributed by atoms with Crippen LogP contribution in [0, 0.1) is 5.41 Å². The van der Waals surface area contributed by atoms with Crippen LogP contribution in [0.25, 0.3) is 0 Å². The molecule has 5 nitrogen and oxygen atoms in total. The fourth-order valence-corrected chi connectivity index (χ4v) is 1.72. The number of ketones is 1. The van der Waals surface area contributed by atoms with Gasteiger partial charge in [-0.25, -0.2) is 0 Å². The molecule has 0 saturated heterocycles. The van der Waals surface area contributed by atoms with Crippen molar-refractivity contribution in [2.45, 2.75) is 12.8 Å². The normalized spacial score (nSPS) is 13.9. The van der Waals surface area contributed by atoms with Gasteiger partial charge in [0.15, 0.2) is 5.78 Å². The summed E-state index contributed by atoms with van der Waals surface area (Å²) in [6.45, 7) is -1.07. The lowest BCUT2D eigenvalue weighted by atomic mass is 9.79. The van der Waals surface area contributed by atoms with E-state index >= 15 is 0 Å². The van der Waals surface area contributed by atoms with Crippen molar-refractivity contribution in [2.24, 2.45) is 5.41 Å². The van der Waals surface area contributed by atoms with Crippen LogP contribution in [0.4, 0.5) is 0 Å². The molecule has 0 heterocycles. The Balaban J connectivity index is 2.91. The monoisotopic (exact) mass is 252 g/mol. The zero-order valence-electron chi connectivity index (χ0n) is 9.87. The molecule has 1 unspecified atom stereocenters. The molecule has 0 bridgehead atoms. The lowest BCUT2D eigenvalue weighted by Gasteiger charge is -2.25. The van der Waals surface area contributed by atoms with Crippen LogP contribution in [0.15, 0.2) is 30.3 Å². The van der Waals surface area contributed by atoms with Gasteiger partial charge in [0.25, 0.3) is 0 Å². The summed E-state index contributed by atoms with van der Waals surface area (Å²) in [6.07, 6.45) is -0.485. The quantitative estimate of drug-likeness (QED) is 0.621. The van der Waals surface area contributed by atoms with Crippen molar-refractivity contribution in [3.8, 4) is 0 Å². The predicted octanol–water partition coefficient (Wildman–Crippen LogP) is 0.705. The summed E-state index contributed by atoms with van der Waals surface area (Å²) in [7, 11) is 0. The van der Waals surface area contributed by atoms with Gasteiger partial charge in [0.2, 0.25) is 0 Å². The van der Waals surface area contributed by atoms with Crippen molar-refractivity contribution < 1.29 is 24.9 Å². The van der Waals surface area contributed by atoms with Crippen LogP contribution in [0.3, 0.4) is 0 Å². The van der Waals surface area contributed by atoms with Gasteiger partial charge in [0, 0.05) is 18.6 Å². The Morgan fingerprint density at radius 2 is 1.72 bits per heavy atom. The molecule has 0 aromatic heterocycles. The number of carboxylic acid groups (broad SMARTS) is 1. The van der Waals surface area contributed by atoms with E-state index in [0.717, 1.165) is 0 Å². The van der Waals surface area contributed by atoms with Crippen molar-refractivity contribution in [2.75, 3.05) is 13.2 Å². The maximum atomic E-state index is 11.9. The van der Waals surface area contributed by atoms with Crippen LogP contribution in [0.1, 0.15) is 23.2 Å². The van der Waals surface area contributed by atoms with E-state index in [2.05, 4.69) is 0 Å². The Kier molecular flexibility index (Phi) is 5.00. The third-order valence-corrected chi connectivity index (χ3v) is 2.94. The molecule has 0 fully saturated rings. The first-order valence-electron chi connectivity index (χ1n) is 5.59. The van der Waals surface area contributed by atoms with Gasteiger partial charge in [-0.2, -0.15) is 0 Å². The Morgan fingerprint density at radius 1 is 1.11 bits per heavy atom. The van der Waals surface area contributed by atoms with Crippen LogP contribution in [0.2, 0.25) is 0 Å². The van der Waals surface area contributed by atoms with Crippen LogP contribution in [-0.4, -0.2) is 40.3 Å². The zero-order valence-corrected chi connectivity index (χ0v) is 9.87. The number of hydrogen-bond acceptors (Lipinski definition) is 4. The van der Waals surface area contributed by atoms with Crippen molar-refractivity contribution in [3.63, 3.8) is 0 Å². The van der Waals surface area contributed by atoms with Gasteiger partial charge >= 0.3 is 5.97 Å². The molecule has 3 N–H and O–H groups in total. The lowest BCUT2D eigenvalue weighted by Crippen LogP contribution is -2.38. The summed E-state index contributed by atoms with van der Waals surface area (Å²) in [5, 5.41) is 27.2. The van der Waals surface area contributed by atoms with E-state index in [9.17, 15) is 14.7 Å². The van der Waals surface area contributed by atoms with E-state index in [-0.39, 0.29) is 18.6 Å². The molecule has 5 heteroatoms. The molecule has 0 aliphatic rings. The third-order valence-electron chi connectivity index (χ3n) is 2.94. The number of aliphatic hydroxyl groups excluding tert-OH is 2. The van der Waals surface area contributed by atoms with Gasteiger partial charge in [0.1, 0.15) is 5.41 Å². The average molecular weight is 252 g/mol. The van der Waals surface area contributed by atoms with E-state index in [1.54, 1.807) is 30.3 Å². The molecule has 0 aliphatic heterocycles. The Labute approximate surface area is 105 Å². The molecule has 0 spiro atoms. The minimum atomic E-state index is -1.61. The predicted molar refractivity (Wildman–Crippen MR) is 64.2 cm³/mol. The number of rotatable bonds is 7. The summed E-state index contributed by atoms with van der Waals surface area (Å²) < 4.78 is 0. The topological polar surface area (TPSA) is 94.8 Å². The highest BCUT2D eigenvalue weighted by molar-refractivity contribution is 5.98. The molecule has 0 amide bonds. The first-order valence-corrected chi connectivity index (χ1v) is 5.59. The third kappa shape index (κ3) is 3.15. The fraction of sp³-hybridized carbons (Fsp3) is 0.385. The average Bonchev–Trinajstić information content (AvgIpc) is 2.38. The van der Waals surface area contributed by atoms with E-state index in [4.69, 9.17) is 10.2 Å². The van der Waals surface area contributed by atoms with Gasteiger partial charge in [-0.3, -0.25) is 9.59 Å². The molecular weight excluding hydrogens is 236 g/mol.